The second kappa shape index (κ2) is 5.05. The van der Waals surface area contributed by atoms with E-state index in [1.165, 1.54) is 9.71 Å². The topological polar surface area (TPSA) is 39.9 Å². The Morgan fingerprint density at radius 2 is 2.11 bits per heavy atom. The van der Waals surface area contributed by atoms with Crippen LogP contribution < -0.4 is 0 Å². The molecule has 1 aromatic heterocycles. The lowest BCUT2D eigenvalue weighted by molar-refractivity contribution is 0.235. The molecule has 3 nitrogen and oxygen atoms in total. The predicted octanol–water partition coefficient (Wildman–Crippen LogP) is 3.00. The van der Waals surface area contributed by atoms with Crippen LogP contribution in [0.2, 0.25) is 0 Å². The van der Waals surface area contributed by atoms with Crippen LogP contribution in [0, 0.1) is 11.3 Å². The minimum atomic E-state index is 0.562. The molecule has 0 atom stereocenters. The molecule has 18 heavy (non-hydrogen) atoms. The van der Waals surface area contributed by atoms with Crippen molar-refractivity contribution in [3.8, 4) is 6.07 Å². The van der Waals surface area contributed by atoms with E-state index < -0.39 is 0 Å². The van der Waals surface area contributed by atoms with Crippen LogP contribution in [0.15, 0.2) is 24.3 Å². The Morgan fingerprint density at radius 1 is 1.33 bits per heavy atom. The second-order valence-electron chi connectivity index (χ2n) is 4.73. The molecule has 1 aliphatic rings. The van der Waals surface area contributed by atoms with Gasteiger partial charge in [-0.1, -0.05) is 12.1 Å². The number of aromatic nitrogens is 1. The van der Waals surface area contributed by atoms with Crippen molar-refractivity contribution in [2.75, 3.05) is 19.6 Å². The smallest absolute Gasteiger partial charge is 0.0970 e. The van der Waals surface area contributed by atoms with Gasteiger partial charge in [-0.25, -0.2) is 4.98 Å². The average Bonchev–Trinajstić information content (AvgIpc) is 2.84. The van der Waals surface area contributed by atoms with E-state index in [0.29, 0.717) is 12.5 Å². The highest BCUT2D eigenvalue weighted by Crippen LogP contribution is 2.33. The maximum Gasteiger partial charge on any atom is 0.0970 e. The Balaban J connectivity index is 1.74. The second-order valence-corrected chi connectivity index (χ2v) is 5.79. The Morgan fingerprint density at radius 3 is 2.83 bits per heavy atom. The van der Waals surface area contributed by atoms with E-state index in [4.69, 9.17) is 10.2 Å². The number of para-hydroxylation sites is 1. The number of nitrogens with zero attached hydrogens (tertiary/aromatic N) is 3. The van der Waals surface area contributed by atoms with Gasteiger partial charge >= 0.3 is 0 Å². The Labute approximate surface area is 111 Å². The van der Waals surface area contributed by atoms with Gasteiger partial charge in [-0.15, -0.1) is 11.3 Å². The van der Waals surface area contributed by atoms with Crippen molar-refractivity contribution in [2.45, 2.75) is 18.8 Å². The fraction of sp³-hybridized carbons (Fsp3) is 0.429. The van der Waals surface area contributed by atoms with Crippen molar-refractivity contribution in [3.05, 3.63) is 29.3 Å². The summed E-state index contributed by atoms with van der Waals surface area (Å²) in [5.74, 6) is 0.581. The minimum Gasteiger partial charge on any atom is -0.291 e. The third-order valence-corrected chi connectivity index (χ3v) is 4.74. The summed E-state index contributed by atoms with van der Waals surface area (Å²) < 4.78 is 1.28. The molecule has 1 aromatic carbocycles. The first-order valence-electron chi connectivity index (χ1n) is 6.31. The van der Waals surface area contributed by atoms with Crippen LogP contribution in [0.25, 0.3) is 10.2 Å². The summed E-state index contributed by atoms with van der Waals surface area (Å²) in [4.78, 5) is 6.97. The molecule has 92 valence electrons. The standard InChI is InChI=1S/C14H15N3S/c15-7-10-17-8-5-11(6-9-17)14-16-12-3-1-2-4-13(12)18-14/h1-4,11H,5-6,8-10H2. The van der Waals surface area contributed by atoms with Gasteiger partial charge in [-0.2, -0.15) is 5.26 Å². The van der Waals surface area contributed by atoms with E-state index in [0.717, 1.165) is 31.4 Å². The Kier molecular flexibility index (Phi) is 3.26. The number of likely N-dealkylation sites (tertiary alicyclic amines) is 1. The molecule has 0 spiro atoms. The lowest BCUT2D eigenvalue weighted by Gasteiger charge is -2.28. The number of thiazole rings is 1. The van der Waals surface area contributed by atoms with E-state index in [2.05, 4.69) is 29.2 Å². The Bertz CT molecular complexity index is 543. The summed E-state index contributed by atoms with van der Waals surface area (Å²) in [6.45, 7) is 2.61. The van der Waals surface area contributed by atoms with Crippen LogP contribution in [-0.2, 0) is 0 Å². The monoisotopic (exact) mass is 257 g/mol. The molecule has 0 radical (unpaired) electrons. The molecule has 4 heteroatoms. The number of hydrogen-bond acceptors (Lipinski definition) is 4. The van der Waals surface area contributed by atoms with Crippen molar-refractivity contribution in [2.24, 2.45) is 0 Å². The zero-order chi connectivity index (χ0) is 12.4. The molecule has 2 aromatic rings. The molecule has 1 saturated heterocycles. The van der Waals surface area contributed by atoms with Crippen molar-refractivity contribution in [3.63, 3.8) is 0 Å². The van der Waals surface area contributed by atoms with Gasteiger partial charge in [0.25, 0.3) is 0 Å². The van der Waals surface area contributed by atoms with Crippen LogP contribution in [0.1, 0.15) is 23.8 Å². The number of piperidine rings is 1. The van der Waals surface area contributed by atoms with Crippen LogP contribution in [0.5, 0.6) is 0 Å². The molecule has 0 bridgehead atoms. The SMILES string of the molecule is N#CCN1CCC(c2nc3ccccc3s2)CC1. The van der Waals surface area contributed by atoms with E-state index in [-0.39, 0.29) is 0 Å². The number of rotatable bonds is 2. The molecule has 0 N–H and O–H groups in total. The number of fused-ring (bicyclic) bond motifs is 1. The van der Waals surface area contributed by atoms with Gasteiger partial charge < -0.3 is 0 Å². The highest BCUT2D eigenvalue weighted by Gasteiger charge is 2.22. The first-order valence-corrected chi connectivity index (χ1v) is 7.13. The summed E-state index contributed by atoms with van der Waals surface area (Å²) in [6.07, 6.45) is 2.25. The van der Waals surface area contributed by atoms with E-state index in [9.17, 15) is 0 Å². The fourth-order valence-electron chi connectivity index (χ4n) is 2.50. The largest absolute Gasteiger partial charge is 0.291 e. The molecule has 3 rings (SSSR count). The van der Waals surface area contributed by atoms with Crippen LogP contribution >= 0.6 is 11.3 Å². The van der Waals surface area contributed by atoms with Gasteiger partial charge in [0, 0.05) is 5.92 Å². The summed E-state index contributed by atoms with van der Waals surface area (Å²) in [6, 6.07) is 10.6. The maximum atomic E-state index is 8.69. The van der Waals surface area contributed by atoms with Gasteiger partial charge in [0.05, 0.1) is 27.8 Å². The third kappa shape index (κ3) is 2.24. The van der Waals surface area contributed by atoms with E-state index in [1.807, 2.05) is 17.4 Å². The molecule has 0 amide bonds. The third-order valence-electron chi connectivity index (χ3n) is 3.54. The lowest BCUT2D eigenvalue weighted by atomic mass is 9.98. The summed E-state index contributed by atoms with van der Waals surface area (Å²) in [7, 11) is 0. The lowest BCUT2D eigenvalue weighted by Crippen LogP contribution is -2.33. The first kappa shape index (κ1) is 11.6. The van der Waals surface area contributed by atoms with E-state index in [1.54, 1.807) is 0 Å². The highest BCUT2D eigenvalue weighted by molar-refractivity contribution is 7.18. The van der Waals surface area contributed by atoms with Crippen molar-refractivity contribution < 1.29 is 0 Å². The predicted molar refractivity (Wildman–Crippen MR) is 73.6 cm³/mol. The number of benzene rings is 1. The molecular formula is C14H15N3S. The highest BCUT2D eigenvalue weighted by atomic mass is 32.1. The number of nitriles is 1. The van der Waals surface area contributed by atoms with Crippen LogP contribution in [0.3, 0.4) is 0 Å². The quantitative estimate of drug-likeness (QED) is 0.776. The minimum absolute atomic E-state index is 0.562. The molecule has 2 heterocycles. The van der Waals surface area contributed by atoms with Crippen molar-refractivity contribution >= 4 is 21.6 Å². The van der Waals surface area contributed by atoms with Gasteiger partial charge in [0.15, 0.2) is 0 Å². The zero-order valence-electron chi connectivity index (χ0n) is 10.2. The molecule has 1 fully saturated rings. The van der Waals surface area contributed by atoms with Crippen molar-refractivity contribution in [1.29, 1.82) is 5.26 Å². The van der Waals surface area contributed by atoms with Crippen LogP contribution in [0.4, 0.5) is 0 Å². The van der Waals surface area contributed by atoms with Crippen LogP contribution in [-0.4, -0.2) is 29.5 Å². The summed E-state index contributed by atoms with van der Waals surface area (Å²) in [5, 5.41) is 9.97. The average molecular weight is 257 g/mol. The molecular weight excluding hydrogens is 242 g/mol. The van der Waals surface area contributed by atoms with Crippen molar-refractivity contribution in [1.82, 2.24) is 9.88 Å². The molecule has 0 aliphatic carbocycles. The normalized spacial score (nSPS) is 17.9. The molecule has 1 aliphatic heterocycles. The summed E-state index contributed by atoms with van der Waals surface area (Å²) >= 11 is 1.82. The Hall–Kier alpha value is -1.44. The molecule has 0 unspecified atom stereocenters. The number of hydrogen-bond donors (Lipinski definition) is 0. The van der Waals surface area contributed by atoms with Gasteiger partial charge in [0.1, 0.15) is 0 Å². The first-order chi connectivity index (χ1) is 8.86. The van der Waals surface area contributed by atoms with Gasteiger partial charge in [0.2, 0.25) is 0 Å². The summed E-state index contributed by atoms with van der Waals surface area (Å²) in [5.41, 5.74) is 1.12. The van der Waals surface area contributed by atoms with E-state index >= 15 is 0 Å². The maximum absolute atomic E-state index is 8.69. The zero-order valence-corrected chi connectivity index (χ0v) is 11.0. The molecule has 0 saturated carbocycles. The van der Waals surface area contributed by atoms with Gasteiger partial charge in [-0.05, 0) is 38.1 Å². The van der Waals surface area contributed by atoms with Gasteiger partial charge in [-0.3, -0.25) is 4.90 Å². The fourth-order valence-corrected chi connectivity index (χ4v) is 3.64.